The summed E-state index contributed by atoms with van der Waals surface area (Å²) in [6.45, 7) is 7.70. The molecule has 1 aliphatic heterocycles. The monoisotopic (exact) mass is 583 g/mol. The van der Waals surface area contributed by atoms with E-state index in [1.165, 1.54) is 11.3 Å². The second-order valence-corrected chi connectivity index (χ2v) is 11.1. The fourth-order valence-corrected chi connectivity index (χ4v) is 5.61. The number of fused-ring (bicyclic) bond motifs is 1. The Kier molecular flexibility index (Phi) is 8.04. The molecule has 1 aromatic heterocycles. The van der Waals surface area contributed by atoms with Gasteiger partial charge in [0.25, 0.3) is 5.56 Å². The Morgan fingerprint density at radius 3 is 2.54 bits per heavy atom. The first kappa shape index (κ1) is 26.9. The van der Waals surface area contributed by atoms with Crippen LogP contribution in [0.5, 0.6) is 5.75 Å². The highest BCUT2D eigenvalue weighted by Crippen LogP contribution is 2.32. The maximum absolute atomic E-state index is 13.9. The summed E-state index contributed by atoms with van der Waals surface area (Å²) < 4.78 is 14.3. The fourth-order valence-electron chi connectivity index (χ4n) is 4.20. The second kappa shape index (κ2) is 11.1. The third-order valence-electron chi connectivity index (χ3n) is 5.86. The number of aromatic nitrogens is 1. The van der Waals surface area contributed by atoms with Crippen LogP contribution in [0.1, 0.15) is 44.9 Å². The third kappa shape index (κ3) is 5.57. The Balaban J connectivity index is 1.94. The largest absolute Gasteiger partial charge is 0.490 e. The van der Waals surface area contributed by atoms with Crippen LogP contribution >= 0.6 is 27.3 Å². The number of carbonyl (C=O) groups excluding carboxylic acids is 1. The van der Waals surface area contributed by atoms with Crippen molar-refractivity contribution in [1.29, 1.82) is 0 Å². The molecule has 37 heavy (non-hydrogen) atoms. The molecule has 0 bridgehead atoms. The van der Waals surface area contributed by atoms with E-state index < -0.39 is 12.0 Å². The number of allylic oxidation sites excluding steroid dienone is 1. The average Bonchev–Trinajstić information content (AvgIpc) is 3.14. The molecule has 7 nitrogen and oxygen atoms in total. The lowest BCUT2D eigenvalue weighted by atomic mass is 9.95. The maximum atomic E-state index is 13.9. The van der Waals surface area contributed by atoms with E-state index in [-0.39, 0.29) is 18.3 Å². The molecule has 1 aliphatic rings. The number of nitrogens with zero attached hydrogens (tertiary/aromatic N) is 3. The molecule has 0 unspecified atom stereocenters. The predicted molar refractivity (Wildman–Crippen MR) is 151 cm³/mol. The summed E-state index contributed by atoms with van der Waals surface area (Å²) in [5.41, 5.74) is 3.28. The highest BCUT2D eigenvalue weighted by Gasteiger charge is 2.33. The second-order valence-electron chi connectivity index (χ2n) is 9.14. The van der Waals surface area contributed by atoms with Gasteiger partial charge in [0.05, 0.1) is 34.6 Å². The van der Waals surface area contributed by atoms with Crippen LogP contribution in [0.3, 0.4) is 0 Å². The van der Waals surface area contributed by atoms with Gasteiger partial charge in [-0.25, -0.2) is 9.79 Å². The summed E-state index contributed by atoms with van der Waals surface area (Å²) in [6, 6.07) is 12.9. The number of hydrogen-bond donors (Lipinski definition) is 0. The number of thiazole rings is 1. The molecule has 0 radical (unpaired) electrons. The first-order chi connectivity index (χ1) is 17.6. The zero-order valence-electron chi connectivity index (χ0n) is 21.7. The standard InChI is InChI=1S/C28H30BrN3O4S/c1-7-35-27(34)24-17(4)30-28-32(25(24)18-8-11-21(12-9-18)31(5)6)26(33)23(37-28)15-19-14-20(29)10-13-22(19)36-16(2)3/h8-16,25H,7H2,1-6H3/b23-15+/t25-/m0/s1. The third-order valence-corrected chi connectivity index (χ3v) is 7.34. The van der Waals surface area contributed by atoms with Gasteiger partial charge in [-0.15, -0.1) is 0 Å². The van der Waals surface area contributed by atoms with Crippen molar-refractivity contribution in [2.75, 3.05) is 25.6 Å². The van der Waals surface area contributed by atoms with Crippen LogP contribution < -0.4 is 24.5 Å². The molecule has 0 saturated carbocycles. The lowest BCUT2D eigenvalue weighted by Gasteiger charge is -2.25. The van der Waals surface area contributed by atoms with Gasteiger partial charge in [0, 0.05) is 29.8 Å². The number of halogens is 1. The van der Waals surface area contributed by atoms with Crippen molar-refractivity contribution in [3.8, 4) is 5.75 Å². The van der Waals surface area contributed by atoms with Gasteiger partial charge in [-0.2, -0.15) is 0 Å². The minimum atomic E-state index is -0.650. The Labute approximate surface area is 228 Å². The quantitative estimate of drug-likeness (QED) is 0.385. The molecule has 0 N–H and O–H groups in total. The van der Waals surface area contributed by atoms with Gasteiger partial charge in [0.2, 0.25) is 0 Å². The summed E-state index contributed by atoms with van der Waals surface area (Å²) in [4.78, 5) is 34.1. The van der Waals surface area contributed by atoms with Gasteiger partial charge >= 0.3 is 5.97 Å². The van der Waals surface area contributed by atoms with Gasteiger partial charge in [0.1, 0.15) is 5.75 Å². The Morgan fingerprint density at radius 2 is 1.92 bits per heavy atom. The molecule has 4 rings (SSSR count). The van der Waals surface area contributed by atoms with Crippen LogP contribution in [0, 0.1) is 0 Å². The summed E-state index contributed by atoms with van der Waals surface area (Å²) in [5.74, 6) is 0.211. The first-order valence-corrected chi connectivity index (χ1v) is 13.6. The van der Waals surface area contributed by atoms with Gasteiger partial charge in [-0.3, -0.25) is 9.36 Å². The Bertz CT molecular complexity index is 1530. The van der Waals surface area contributed by atoms with E-state index in [0.29, 0.717) is 26.4 Å². The lowest BCUT2D eigenvalue weighted by molar-refractivity contribution is -0.139. The minimum absolute atomic E-state index is 0.0190. The van der Waals surface area contributed by atoms with Crippen molar-refractivity contribution < 1.29 is 14.3 Å². The SMILES string of the molecule is CCOC(=O)C1=C(C)N=c2s/c(=C/c3cc(Br)ccc3OC(C)C)c(=O)n2[C@H]1c1ccc(N(C)C)cc1. The number of carbonyl (C=O) groups is 1. The molecule has 0 spiro atoms. The summed E-state index contributed by atoms with van der Waals surface area (Å²) in [5, 5.41) is 0. The van der Waals surface area contributed by atoms with Crippen LogP contribution in [0.4, 0.5) is 5.69 Å². The first-order valence-electron chi connectivity index (χ1n) is 12.0. The molecule has 0 saturated heterocycles. The van der Waals surface area contributed by atoms with Crippen molar-refractivity contribution >= 4 is 45.0 Å². The van der Waals surface area contributed by atoms with E-state index in [1.807, 2.05) is 81.4 Å². The van der Waals surface area contributed by atoms with Crippen LogP contribution in [-0.2, 0) is 9.53 Å². The van der Waals surface area contributed by atoms with E-state index in [4.69, 9.17) is 9.47 Å². The van der Waals surface area contributed by atoms with Gasteiger partial charge in [0.15, 0.2) is 4.80 Å². The van der Waals surface area contributed by atoms with Crippen LogP contribution in [0.25, 0.3) is 6.08 Å². The van der Waals surface area contributed by atoms with Crippen molar-refractivity contribution in [2.24, 2.45) is 4.99 Å². The summed E-state index contributed by atoms with van der Waals surface area (Å²) >= 11 is 4.81. The van der Waals surface area contributed by atoms with Gasteiger partial charge < -0.3 is 14.4 Å². The minimum Gasteiger partial charge on any atom is -0.490 e. The molecule has 3 aromatic rings. The normalized spacial score (nSPS) is 15.5. The van der Waals surface area contributed by atoms with E-state index >= 15 is 0 Å². The molecule has 2 aromatic carbocycles. The molecular formula is C28H30BrN3O4S. The molecule has 0 amide bonds. The van der Waals surface area contributed by atoms with Gasteiger partial charge in [-0.05, 0) is 69.7 Å². The fraction of sp³-hybridized carbons (Fsp3) is 0.321. The van der Waals surface area contributed by atoms with E-state index in [2.05, 4.69) is 20.9 Å². The van der Waals surface area contributed by atoms with Crippen molar-refractivity contribution in [2.45, 2.75) is 39.8 Å². The number of esters is 1. The van der Waals surface area contributed by atoms with E-state index in [9.17, 15) is 9.59 Å². The molecular weight excluding hydrogens is 554 g/mol. The smallest absolute Gasteiger partial charge is 0.338 e. The predicted octanol–water partition coefficient (Wildman–Crippen LogP) is 4.41. The number of rotatable bonds is 7. The summed E-state index contributed by atoms with van der Waals surface area (Å²) in [6.07, 6.45) is 1.80. The van der Waals surface area contributed by atoms with Crippen LogP contribution in [0.15, 0.2) is 68.0 Å². The van der Waals surface area contributed by atoms with Crippen LogP contribution in [0.2, 0.25) is 0 Å². The number of anilines is 1. The topological polar surface area (TPSA) is 73.1 Å². The molecule has 0 aliphatic carbocycles. The molecule has 194 valence electrons. The van der Waals surface area contributed by atoms with E-state index in [0.717, 1.165) is 21.3 Å². The maximum Gasteiger partial charge on any atom is 0.338 e. The van der Waals surface area contributed by atoms with Gasteiger partial charge in [-0.1, -0.05) is 39.4 Å². The molecule has 9 heteroatoms. The highest BCUT2D eigenvalue weighted by atomic mass is 79.9. The Hall–Kier alpha value is -3.17. The Morgan fingerprint density at radius 1 is 1.22 bits per heavy atom. The zero-order chi connectivity index (χ0) is 26.9. The molecule has 1 atom stereocenters. The van der Waals surface area contributed by atoms with Crippen molar-refractivity contribution in [3.05, 3.63) is 89.0 Å². The lowest BCUT2D eigenvalue weighted by Crippen LogP contribution is -2.40. The molecule has 0 fully saturated rings. The average molecular weight is 585 g/mol. The summed E-state index contributed by atoms with van der Waals surface area (Å²) in [7, 11) is 3.93. The number of hydrogen-bond acceptors (Lipinski definition) is 7. The van der Waals surface area contributed by atoms with Crippen LogP contribution in [-0.4, -0.2) is 37.3 Å². The van der Waals surface area contributed by atoms with Crippen molar-refractivity contribution in [3.63, 3.8) is 0 Å². The zero-order valence-corrected chi connectivity index (χ0v) is 24.1. The highest BCUT2D eigenvalue weighted by molar-refractivity contribution is 9.10. The number of ether oxygens (including phenoxy) is 2. The van der Waals surface area contributed by atoms with Crippen molar-refractivity contribution in [1.82, 2.24) is 4.57 Å². The number of benzene rings is 2. The molecule has 2 heterocycles. The van der Waals surface area contributed by atoms with E-state index in [1.54, 1.807) is 18.4 Å².